The summed E-state index contributed by atoms with van der Waals surface area (Å²) in [6.07, 6.45) is 26.8. The number of hydrogen-bond acceptors (Lipinski definition) is 2. The van der Waals surface area contributed by atoms with Crippen molar-refractivity contribution in [3.8, 4) is 0 Å². The summed E-state index contributed by atoms with van der Waals surface area (Å²) in [6, 6.07) is 8.58. The van der Waals surface area contributed by atoms with Crippen LogP contribution < -0.4 is 5.32 Å². The zero-order chi connectivity index (χ0) is 25.7. The number of carbonyl (C=O) groups excluding carboxylic acids is 1. The van der Waals surface area contributed by atoms with E-state index in [4.69, 9.17) is 4.98 Å². The lowest BCUT2D eigenvalue weighted by molar-refractivity contribution is -0.118. The Labute approximate surface area is 222 Å². The fourth-order valence-corrected chi connectivity index (χ4v) is 5.23. The SMILES string of the molecule is CCCCCCCCCCCCCCCCCCn1c(CCCCCNC(C)=O)nc2ccccc21. The van der Waals surface area contributed by atoms with Crippen LogP contribution in [0.25, 0.3) is 11.0 Å². The van der Waals surface area contributed by atoms with E-state index in [1.54, 1.807) is 6.92 Å². The minimum Gasteiger partial charge on any atom is -0.356 e. The van der Waals surface area contributed by atoms with Gasteiger partial charge in [0, 0.05) is 26.4 Å². The molecule has 2 aromatic rings. The van der Waals surface area contributed by atoms with Gasteiger partial charge in [-0.3, -0.25) is 4.79 Å². The molecule has 0 aliphatic carbocycles. The van der Waals surface area contributed by atoms with E-state index in [0.717, 1.165) is 44.3 Å². The molecular weight excluding hydrogens is 442 g/mol. The van der Waals surface area contributed by atoms with Gasteiger partial charge in [-0.1, -0.05) is 122 Å². The lowest BCUT2D eigenvalue weighted by Crippen LogP contribution is -2.20. The highest BCUT2D eigenvalue weighted by atomic mass is 16.1. The molecule has 0 aliphatic rings. The largest absolute Gasteiger partial charge is 0.356 e. The fourth-order valence-electron chi connectivity index (χ4n) is 5.23. The van der Waals surface area contributed by atoms with Crippen LogP contribution in [0, 0.1) is 0 Å². The minimum absolute atomic E-state index is 0.0654. The highest BCUT2D eigenvalue weighted by Crippen LogP contribution is 2.20. The van der Waals surface area contributed by atoms with Gasteiger partial charge in [0.2, 0.25) is 5.91 Å². The molecule has 4 heteroatoms. The number of hydrogen-bond donors (Lipinski definition) is 1. The van der Waals surface area contributed by atoms with E-state index in [-0.39, 0.29) is 5.91 Å². The molecule has 0 saturated carbocycles. The van der Waals surface area contributed by atoms with Crippen molar-refractivity contribution in [3.05, 3.63) is 30.1 Å². The Hall–Kier alpha value is -1.84. The second kappa shape index (κ2) is 20.2. The number of amides is 1. The zero-order valence-electron chi connectivity index (χ0n) is 23.7. The van der Waals surface area contributed by atoms with Crippen molar-refractivity contribution in [1.82, 2.24) is 14.9 Å². The first-order chi connectivity index (χ1) is 17.7. The van der Waals surface area contributed by atoms with Gasteiger partial charge < -0.3 is 9.88 Å². The minimum atomic E-state index is 0.0654. The predicted molar refractivity (Wildman–Crippen MR) is 156 cm³/mol. The molecule has 0 atom stereocenters. The van der Waals surface area contributed by atoms with Crippen LogP contribution in [-0.4, -0.2) is 22.0 Å². The number of benzene rings is 1. The van der Waals surface area contributed by atoms with E-state index in [9.17, 15) is 4.79 Å². The van der Waals surface area contributed by atoms with Gasteiger partial charge in [-0.05, 0) is 31.4 Å². The Kier molecular flexibility index (Phi) is 17.1. The van der Waals surface area contributed by atoms with Crippen molar-refractivity contribution in [1.29, 1.82) is 0 Å². The molecule has 0 unspecified atom stereocenters. The van der Waals surface area contributed by atoms with Crippen LogP contribution in [0.4, 0.5) is 0 Å². The number of nitrogens with one attached hydrogen (secondary N) is 1. The van der Waals surface area contributed by atoms with Gasteiger partial charge >= 0.3 is 0 Å². The molecule has 0 saturated heterocycles. The number of unbranched alkanes of at least 4 members (excludes halogenated alkanes) is 17. The average molecular weight is 498 g/mol. The number of fused-ring (bicyclic) bond motifs is 1. The highest BCUT2D eigenvalue weighted by Gasteiger charge is 2.10. The highest BCUT2D eigenvalue weighted by molar-refractivity contribution is 5.75. The van der Waals surface area contributed by atoms with Crippen LogP contribution in [0.3, 0.4) is 0 Å². The summed E-state index contributed by atoms with van der Waals surface area (Å²) in [4.78, 5) is 15.9. The summed E-state index contributed by atoms with van der Waals surface area (Å²) in [5.74, 6) is 1.30. The van der Waals surface area contributed by atoms with Gasteiger partial charge in [0.1, 0.15) is 5.82 Å². The van der Waals surface area contributed by atoms with Crippen LogP contribution in [-0.2, 0) is 17.8 Å². The lowest BCUT2D eigenvalue weighted by Gasteiger charge is -2.10. The summed E-state index contributed by atoms with van der Waals surface area (Å²) in [6.45, 7) is 5.74. The van der Waals surface area contributed by atoms with Crippen LogP contribution in [0.2, 0.25) is 0 Å². The number of aryl methyl sites for hydroxylation is 2. The molecule has 0 aliphatic heterocycles. The molecule has 36 heavy (non-hydrogen) atoms. The summed E-state index contributed by atoms with van der Waals surface area (Å²) in [5.41, 5.74) is 2.41. The average Bonchev–Trinajstić information content (AvgIpc) is 3.23. The smallest absolute Gasteiger partial charge is 0.216 e. The molecule has 1 heterocycles. The maximum Gasteiger partial charge on any atom is 0.216 e. The van der Waals surface area contributed by atoms with Crippen molar-refractivity contribution in [2.75, 3.05) is 6.54 Å². The Bertz CT molecular complexity index is 813. The third-order valence-electron chi connectivity index (χ3n) is 7.42. The quantitative estimate of drug-likeness (QED) is 0.156. The Morgan fingerprint density at radius 1 is 0.722 bits per heavy atom. The number of aromatic nitrogens is 2. The number of imidazole rings is 1. The second-order valence-corrected chi connectivity index (χ2v) is 10.8. The first-order valence-electron chi connectivity index (χ1n) is 15.4. The molecule has 0 spiro atoms. The summed E-state index contributed by atoms with van der Waals surface area (Å²) < 4.78 is 2.47. The van der Waals surface area contributed by atoms with Crippen molar-refractivity contribution < 1.29 is 4.79 Å². The van der Waals surface area contributed by atoms with Crippen molar-refractivity contribution in [2.45, 2.75) is 149 Å². The molecule has 1 aromatic carbocycles. The maximum atomic E-state index is 11.0. The first-order valence-corrected chi connectivity index (χ1v) is 15.4. The van der Waals surface area contributed by atoms with Gasteiger partial charge in [-0.2, -0.15) is 0 Å². The van der Waals surface area contributed by atoms with E-state index in [1.807, 2.05) is 0 Å². The van der Waals surface area contributed by atoms with E-state index >= 15 is 0 Å². The van der Waals surface area contributed by atoms with Gasteiger partial charge in [0.05, 0.1) is 11.0 Å². The maximum absolute atomic E-state index is 11.0. The van der Waals surface area contributed by atoms with E-state index in [0.29, 0.717) is 0 Å². The van der Waals surface area contributed by atoms with Gasteiger partial charge in [-0.15, -0.1) is 0 Å². The molecule has 204 valence electrons. The number of nitrogens with zero attached hydrogens (tertiary/aromatic N) is 2. The predicted octanol–water partition coefficient (Wildman–Crippen LogP) is 9.15. The van der Waals surface area contributed by atoms with Crippen LogP contribution in [0.15, 0.2) is 24.3 Å². The van der Waals surface area contributed by atoms with Crippen LogP contribution >= 0.6 is 0 Å². The molecule has 4 nitrogen and oxygen atoms in total. The molecular formula is C32H55N3O. The van der Waals surface area contributed by atoms with Crippen molar-refractivity contribution in [3.63, 3.8) is 0 Å². The standard InChI is InChI=1S/C32H55N3O/c1-3-4-5-6-7-8-9-10-11-12-13-14-15-16-17-23-28-35-31-25-21-20-24-30(31)34-32(35)26-19-18-22-27-33-29(2)36/h20-21,24-25H,3-19,22-23,26-28H2,1-2H3,(H,33,36). The molecule has 1 N–H and O–H groups in total. The second-order valence-electron chi connectivity index (χ2n) is 10.8. The third kappa shape index (κ3) is 13.5. The lowest BCUT2D eigenvalue weighted by atomic mass is 10.0. The van der Waals surface area contributed by atoms with E-state index in [2.05, 4.69) is 41.1 Å². The third-order valence-corrected chi connectivity index (χ3v) is 7.42. The molecule has 0 fully saturated rings. The van der Waals surface area contributed by atoms with E-state index < -0.39 is 0 Å². The molecule has 0 bridgehead atoms. The number of rotatable bonds is 23. The molecule has 2 rings (SSSR count). The molecule has 0 radical (unpaired) electrons. The Balaban J connectivity index is 1.53. The van der Waals surface area contributed by atoms with Gasteiger partial charge in [0.15, 0.2) is 0 Å². The van der Waals surface area contributed by atoms with E-state index in [1.165, 1.54) is 114 Å². The van der Waals surface area contributed by atoms with Crippen LogP contribution in [0.1, 0.15) is 142 Å². The van der Waals surface area contributed by atoms with Crippen molar-refractivity contribution >= 4 is 16.9 Å². The Morgan fingerprint density at radius 2 is 1.25 bits per heavy atom. The van der Waals surface area contributed by atoms with Crippen LogP contribution in [0.5, 0.6) is 0 Å². The zero-order valence-corrected chi connectivity index (χ0v) is 23.7. The number of carbonyl (C=O) groups is 1. The Morgan fingerprint density at radius 3 is 1.83 bits per heavy atom. The monoisotopic (exact) mass is 497 g/mol. The summed E-state index contributed by atoms with van der Waals surface area (Å²) in [5, 5.41) is 2.89. The molecule has 1 amide bonds. The fraction of sp³-hybridized carbons (Fsp3) is 0.750. The summed E-state index contributed by atoms with van der Waals surface area (Å²) in [7, 11) is 0. The first kappa shape index (κ1) is 30.4. The summed E-state index contributed by atoms with van der Waals surface area (Å²) >= 11 is 0. The normalized spacial score (nSPS) is 11.4. The van der Waals surface area contributed by atoms with Gasteiger partial charge in [-0.25, -0.2) is 4.98 Å². The number of para-hydroxylation sites is 2. The van der Waals surface area contributed by atoms with Gasteiger partial charge in [0.25, 0.3) is 0 Å². The molecule has 1 aromatic heterocycles. The van der Waals surface area contributed by atoms with Crippen molar-refractivity contribution in [2.24, 2.45) is 0 Å². The topological polar surface area (TPSA) is 46.9 Å².